The van der Waals surface area contributed by atoms with Gasteiger partial charge in [0.1, 0.15) is 0 Å². The zero-order valence-electron chi connectivity index (χ0n) is 10.3. The molecule has 0 aliphatic heterocycles. The lowest BCUT2D eigenvalue weighted by Crippen LogP contribution is -2.06. The minimum atomic E-state index is -0.542. The van der Waals surface area contributed by atoms with E-state index in [1.54, 1.807) is 6.92 Å². The summed E-state index contributed by atoms with van der Waals surface area (Å²) in [4.78, 5) is 21.8. The second kappa shape index (κ2) is 6.58. The van der Waals surface area contributed by atoms with E-state index in [9.17, 15) is 14.9 Å². The smallest absolute Gasteiger partial charge is 0.338 e. The highest BCUT2D eigenvalue weighted by Crippen LogP contribution is 2.28. The van der Waals surface area contributed by atoms with Gasteiger partial charge in [0.2, 0.25) is 0 Å². The normalized spacial score (nSPS) is 9.89. The molecule has 0 bridgehead atoms. The molecule has 6 heteroatoms. The number of nitrogens with zero attached hydrogens (tertiary/aromatic N) is 1. The molecule has 18 heavy (non-hydrogen) atoms. The van der Waals surface area contributed by atoms with E-state index in [-0.39, 0.29) is 23.6 Å². The number of benzene rings is 1. The lowest BCUT2D eigenvalue weighted by molar-refractivity contribution is -0.385. The molecular weight excluding hydrogens is 238 g/mol. The van der Waals surface area contributed by atoms with Crippen molar-refractivity contribution >= 4 is 11.7 Å². The first kappa shape index (κ1) is 14.0. The zero-order chi connectivity index (χ0) is 13.5. The van der Waals surface area contributed by atoms with Gasteiger partial charge in [0, 0.05) is 12.1 Å². The summed E-state index contributed by atoms with van der Waals surface area (Å²) in [7, 11) is 0. The average molecular weight is 253 g/mol. The van der Waals surface area contributed by atoms with Gasteiger partial charge >= 0.3 is 11.7 Å². The quantitative estimate of drug-likeness (QED) is 0.442. The topological polar surface area (TPSA) is 78.7 Å². The number of carbonyl (C=O) groups excluding carboxylic acids is 1. The third kappa shape index (κ3) is 3.44. The highest BCUT2D eigenvalue weighted by atomic mass is 16.6. The summed E-state index contributed by atoms with van der Waals surface area (Å²) in [6.07, 6.45) is 0.723. The summed E-state index contributed by atoms with van der Waals surface area (Å²) in [5, 5.41) is 10.8. The van der Waals surface area contributed by atoms with Crippen molar-refractivity contribution in [3.63, 3.8) is 0 Å². The van der Waals surface area contributed by atoms with Crippen LogP contribution >= 0.6 is 0 Å². The first-order chi connectivity index (χ1) is 8.60. The van der Waals surface area contributed by atoms with Crippen molar-refractivity contribution in [2.45, 2.75) is 20.3 Å². The first-order valence-electron chi connectivity index (χ1n) is 5.68. The third-order valence-electron chi connectivity index (χ3n) is 2.13. The minimum Gasteiger partial charge on any atom is -0.487 e. The molecule has 0 atom stereocenters. The molecule has 1 aromatic rings. The highest BCUT2D eigenvalue weighted by Gasteiger charge is 2.18. The third-order valence-corrected chi connectivity index (χ3v) is 2.13. The number of rotatable bonds is 6. The second-order valence-electron chi connectivity index (χ2n) is 3.51. The maximum Gasteiger partial charge on any atom is 0.338 e. The molecule has 0 aliphatic carbocycles. The predicted octanol–water partition coefficient (Wildman–Crippen LogP) is 2.56. The van der Waals surface area contributed by atoms with E-state index < -0.39 is 10.9 Å². The second-order valence-corrected chi connectivity index (χ2v) is 3.51. The van der Waals surface area contributed by atoms with E-state index in [1.165, 1.54) is 18.2 Å². The van der Waals surface area contributed by atoms with E-state index >= 15 is 0 Å². The molecule has 0 spiro atoms. The summed E-state index contributed by atoms with van der Waals surface area (Å²) in [5.41, 5.74) is 0.0880. The summed E-state index contributed by atoms with van der Waals surface area (Å²) in [5.74, 6) is -0.429. The van der Waals surface area contributed by atoms with Gasteiger partial charge in [-0.25, -0.2) is 4.79 Å². The van der Waals surface area contributed by atoms with Crippen LogP contribution < -0.4 is 4.74 Å². The summed E-state index contributed by atoms with van der Waals surface area (Å²) >= 11 is 0. The first-order valence-corrected chi connectivity index (χ1v) is 5.68. The number of hydrogen-bond donors (Lipinski definition) is 0. The molecule has 0 fully saturated rings. The summed E-state index contributed by atoms with van der Waals surface area (Å²) in [6, 6.07) is 3.94. The van der Waals surface area contributed by atoms with Crippen LogP contribution in [0.25, 0.3) is 0 Å². The molecule has 6 nitrogen and oxygen atoms in total. The number of esters is 1. The van der Waals surface area contributed by atoms with E-state index in [2.05, 4.69) is 0 Å². The van der Waals surface area contributed by atoms with Gasteiger partial charge < -0.3 is 9.47 Å². The fourth-order valence-corrected chi connectivity index (χ4v) is 1.33. The number of carbonyl (C=O) groups is 1. The van der Waals surface area contributed by atoms with E-state index in [1.807, 2.05) is 6.92 Å². The van der Waals surface area contributed by atoms with Crippen molar-refractivity contribution in [3.05, 3.63) is 33.9 Å². The molecule has 0 saturated heterocycles. The molecule has 0 aliphatic rings. The molecule has 1 aromatic carbocycles. The van der Waals surface area contributed by atoms with Crippen molar-refractivity contribution in [2.75, 3.05) is 13.2 Å². The number of nitro benzene ring substituents is 1. The Kier molecular flexibility index (Phi) is 5.10. The van der Waals surface area contributed by atoms with Crippen molar-refractivity contribution in [1.29, 1.82) is 0 Å². The Balaban J connectivity index is 3.04. The Morgan fingerprint density at radius 1 is 1.39 bits per heavy atom. The Labute approximate surface area is 105 Å². The molecule has 0 unspecified atom stereocenters. The highest BCUT2D eigenvalue weighted by molar-refractivity contribution is 5.90. The van der Waals surface area contributed by atoms with Crippen molar-refractivity contribution in [1.82, 2.24) is 0 Å². The summed E-state index contributed by atoms with van der Waals surface area (Å²) < 4.78 is 10.1. The van der Waals surface area contributed by atoms with Crippen LogP contribution in [0, 0.1) is 10.1 Å². The molecule has 0 heterocycles. The number of ether oxygens (including phenoxy) is 2. The zero-order valence-corrected chi connectivity index (χ0v) is 10.3. The summed E-state index contributed by atoms with van der Waals surface area (Å²) in [6.45, 7) is 4.19. The standard InChI is InChI=1S/C12H15NO5/c1-3-7-18-11-8-9(12(14)17-4-2)5-6-10(11)13(15)16/h5-6,8H,3-4,7H2,1-2H3. The minimum absolute atomic E-state index is 0.0902. The molecule has 0 saturated carbocycles. The maximum absolute atomic E-state index is 11.5. The van der Waals surface area contributed by atoms with E-state index in [0.717, 1.165) is 6.42 Å². The molecule has 1 rings (SSSR count). The Morgan fingerprint density at radius 3 is 2.67 bits per heavy atom. The van der Waals surface area contributed by atoms with Crippen LogP contribution in [-0.4, -0.2) is 24.1 Å². The van der Waals surface area contributed by atoms with Gasteiger partial charge in [-0.2, -0.15) is 0 Å². The fourth-order valence-electron chi connectivity index (χ4n) is 1.33. The fraction of sp³-hybridized carbons (Fsp3) is 0.417. The largest absolute Gasteiger partial charge is 0.487 e. The van der Waals surface area contributed by atoms with Crippen LogP contribution in [0.15, 0.2) is 18.2 Å². The van der Waals surface area contributed by atoms with Crippen LogP contribution in [0.4, 0.5) is 5.69 Å². The van der Waals surface area contributed by atoms with Gasteiger partial charge in [0.05, 0.1) is 23.7 Å². The van der Waals surface area contributed by atoms with E-state index in [4.69, 9.17) is 9.47 Å². The van der Waals surface area contributed by atoms with E-state index in [0.29, 0.717) is 6.61 Å². The van der Waals surface area contributed by atoms with Gasteiger partial charge in [-0.3, -0.25) is 10.1 Å². The van der Waals surface area contributed by atoms with Gasteiger partial charge in [0.15, 0.2) is 5.75 Å². The molecule has 0 radical (unpaired) electrons. The lowest BCUT2D eigenvalue weighted by Gasteiger charge is -2.07. The molecule has 98 valence electrons. The van der Waals surface area contributed by atoms with Crippen LogP contribution in [0.3, 0.4) is 0 Å². The van der Waals surface area contributed by atoms with Crippen molar-refractivity contribution < 1.29 is 19.2 Å². The Hall–Kier alpha value is -2.11. The van der Waals surface area contributed by atoms with Crippen LogP contribution in [0.2, 0.25) is 0 Å². The monoisotopic (exact) mass is 253 g/mol. The molecule has 0 amide bonds. The van der Waals surface area contributed by atoms with Gasteiger partial charge in [-0.05, 0) is 19.4 Å². The Morgan fingerprint density at radius 2 is 2.11 bits per heavy atom. The molecule has 0 N–H and O–H groups in total. The van der Waals surface area contributed by atoms with Gasteiger partial charge in [-0.15, -0.1) is 0 Å². The Bertz CT molecular complexity index is 444. The van der Waals surface area contributed by atoms with Crippen LogP contribution in [0.5, 0.6) is 5.75 Å². The molecular formula is C12H15NO5. The SMILES string of the molecule is CCCOc1cc(C(=O)OCC)ccc1[N+](=O)[O-]. The number of nitro groups is 1. The maximum atomic E-state index is 11.5. The van der Waals surface area contributed by atoms with Crippen LogP contribution in [-0.2, 0) is 4.74 Å². The predicted molar refractivity (Wildman–Crippen MR) is 64.8 cm³/mol. The number of hydrogen-bond acceptors (Lipinski definition) is 5. The lowest BCUT2D eigenvalue weighted by atomic mass is 10.2. The van der Waals surface area contributed by atoms with Crippen molar-refractivity contribution in [2.24, 2.45) is 0 Å². The van der Waals surface area contributed by atoms with Gasteiger partial charge in [0.25, 0.3) is 0 Å². The van der Waals surface area contributed by atoms with Crippen LogP contribution in [0.1, 0.15) is 30.6 Å². The van der Waals surface area contributed by atoms with Gasteiger partial charge in [-0.1, -0.05) is 6.92 Å². The molecule has 0 aromatic heterocycles. The average Bonchev–Trinajstić information content (AvgIpc) is 2.36. The van der Waals surface area contributed by atoms with Crippen molar-refractivity contribution in [3.8, 4) is 5.75 Å².